The molecule has 0 spiro atoms. The van der Waals surface area contributed by atoms with Crippen molar-refractivity contribution in [2.24, 2.45) is 0 Å². The minimum atomic E-state index is -0.623. The fourth-order valence-corrected chi connectivity index (χ4v) is 2.23. The highest BCUT2D eigenvalue weighted by atomic mass is 19.1. The summed E-state index contributed by atoms with van der Waals surface area (Å²) in [6.45, 7) is 5.91. The van der Waals surface area contributed by atoms with Crippen molar-refractivity contribution in [3.05, 3.63) is 29.3 Å². The Kier molecular flexibility index (Phi) is 3.33. The molecule has 0 aliphatic carbocycles. The van der Waals surface area contributed by atoms with Crippen LogP contribution in [0.1, 0.15) is 38.8 Å². The van der Waals surface area contributed by atoms with Crippen molar-refractivity contribution >= 4 is 0 Å². The van der Waals surface area contributed by atoms with Gasteiger partial charge in [0.1, 0.15) is 5.82 Å². The number of benzene rings is 1. The first-order chi connectivity index (χ1) is 7.97. The van der Waals surface area contributed by atoms with Gasteiger partial charge in [-0.25, -0.2) is 8.78 Å². The quantitative estimate of drug-likeness (QED) is 0.858. The maximum Gasteiger partial charge on any atom is 0.168 e. The highest BCUT2D eigenvalue weighted by molar-refractivity contribution is 5.40. The Labute approximate surface area is 100.0 Å². The van der Waals surface area contributed by atoms with Crippen molar-refractivity contribution in [3.8, 4) is 5.75 Å². The maximum absolute atomic E-state index is 13.6. The van der Waals surface area contributed by atoms with Gasteiger partial charge in [-0.3, -0.25) is 0 Å². The third kappa shape index (κ3) is 2.57. The van der Waals surface area contributed by atoms with Crippen molar-refractivity contribution in [3.63, 3.8) is 0 Å². The molecule has 0 amide bonds. The first kappa shape index (κ1) is 12.3. The van der Waals surface area contributed by atoms with Crippen LogP contribution in [-0.4, -0.2) is 12.1 Å². The first-order valence-corrected chi connectivity index (χ1v) is 5.89. The molecule has 2 nitrogen and oxygen atoms in total. The fourth-order valence-electron chi connectivity index (χ4n) is 2.23. The molecule has 0 aromatic heterocycles. The van der Waals surface area contributed by atoms with Gasteiger partial charge in [0.2, 0.25) is 0 Å². The van der Waals surface area contributed by atoms with E-state index >= 15 is 0 Å². The Morgan fingerprint density at radius 2 is 2.06 bits per heavy atom. The number of hydrogen-bond donors (Lipinski definition) is 1. The van der Waals surface area contributed by atoms with E-state index in [1.807, 2.05) is 20.8 Å². The Morgan fingerprint density at radius 1 is 1.35 bits per heavy atom. The molecule has 1 aromatic carbocycles. The summed E-state index contributed by atoms with van der Waals surface area (Å²) in [4.78, 5) is 0. The summed E-state index contributed by atoms with van der Waals surface area (Å²) in [5, 5.41) is 3.31. The van der Waals surface area contributed by atoms with Gasteiger partial charge < -0.3 is 10.1 Å². The van der Waals surface area contributed by atoms with Gasteiger partial charge >= 0.3 is 0 Å². The predicted molar refractivity (Wildman–Crippen MR) is 62.1 cm³/mol. The molecular weight excluding hydrogens is 224 g/mol. The summed E-state index contributed by atoms with van der Waals surface area (Å²) in [6, 6.07) is 2.41. The summed E-state index contributed by atoms with van der Waals surface area (Å²) in [5.74, 6) is -1.000. The van der Waals surface area contributed by atoms with Crippen LogP contribution >= 0.6 is 0 Å². The van der Waals surface area contributed by atoms with Gasteiger partial charge in [0.25, 0.3) is 0 Å². The van der Waals surface area contributed by atoms with Gasteiger partial charge in [-0.2, -0.15) is 0 Å². The van der Waals surface area contributed by atoms with E-state index in [1.165, 1.54) is 6.07 Å². The molecule has 2 atom stereocenters. The zero-order chi connectivity index (χ0) is 12.6. The number of ether oxygens (including phenoxy) is 1. The molecule has 1 aliphatic heterocycles. The molecule has 1 N–H and O–H groups in total. The third-order valence-electron chi connectivity index (χ3n) is 2.83. The lowest BCUT2D eigenvalue weighted by molar-refractivity contribution is 0.155. The van der Waals surface area contributed by atoms with Gasteiger partial charge in [-0.1, -0.05) is 13.8 Å². The number of rotatable bonds is 2. The Bertz CT molecular complexity index is 420. The predicted octanol–water partition coefficient (Wildman–Crippen LogP) is 3.17. The van der Waals surface area contributed by atoms with Gasteiger partial charge in [0, 0.05) is 30.1 Å². The third-order valence-corrected chi connectivity index (χ3v) is 2.83. The maximum atomic E-state index is 13.6. The van der Waals surface area contributed by atoms with E-state index < -0.39 is 11.6 Å². The van der Waals surface area contributed by atoms with Crippen LogP contribution in [0.4, 0.5) is 8.78 Å². The molecule has 94 valence electrons. The number of hydrogen-bond acceptors (Lipinski definition) is 2. The van der Waals surface area contributed by atoms with Gasteiger partial charge in [0.15, 0.2) is 11.6 Å². The first-order valence-electron chi connectivity index (χ1n) is 5.89. The normalized spacial score (nSPS) is 23.4. The molecule has 0 saturated carbocycles. The Balaban J connectivity index is 2.41. The number of fused-ring (bicyclic) bond motifs is 1. The van der Waals surface area contributed by atoms with Crippen LogP contribution < -0.4 is 10.1 Å². The van der Waals surface area contributed by atoms with Crippen molar-refractivity contribution in [1.29, 1.82) is 0 Å². The van der Waals surface area contributed by atoms with E-state index in [4.69, 9.17) is 4.74 Å². The standard InChI is InChI=1S/C13H17F2NO/c1-7(2)16-12-4-8(3)17-13-10(12)5-9(14)6-11(13)15/h5-8,12,16H,4H2,1-3H3. The zero-order valence-corrected chi connectivity index (χ0v) is 10.3. The van der Waals surface area contributed by atoms with Gasteiger partial charge in [-0.15, -0.1) is 0 Å². The molecule has 17 heavy (non-hydrogen) atoms. The van der Waals surface area contributed by atoms with Crippen molar-refractivity contribution in [2.75, 3.05) is 0 Å². The SMILES string of the molecule is CC(C)NC1CC(C)Oc2c(F)cc(F)cc21. The van der Waals surface area contributed by atoms with Gasteiger partial charge in [-0.05, 0) is 13.0 Å². The van der Waals surface area contributed by atoms with E-state index in [1.54, 1.807) is 0 Å². The van der Waals surface area contributed by atoms with Gasteiger partial charge in [0.05, 0.1) is 6.10 Å². The molecule has 0 saturated heterocycles. The summed E-state index contributed by atoms with van der Waals surface area (Å²) in [5.41, 5.74) is 0.578. The average molecular weight is 241 g/mol. The number of nitrogens with one attached hydrogen (secondary N) is 1. The molecule has 0 fully saturated rings. The van der Waals surface area contributed by atoms with E-state index in [0.717, 1.165) is 6.07 Å². The van der Waals surface area contributed by atoms with Crippen LogP contribution in [0, 0.1) is 11.6 Å². The molecule has 1 aromatic rings. The molecule has 2 unspecified atom stereocenters. The Hall–Kier alpha value is -1.16. The van der Waals surface area contributed by atoms with E-state index in [0.29, 0.717) is 12.0 Å². The van der Waals surface area contributed by atoms with Crippen LogP contribution in [0.2, 0.25) is 0 Å². The fraction of sp³-hybridized carbons (Fsp3) is 0.538. The summed E-state index contributed by atoms with van der Waals surface area (Å²) < 4.78 is 32.3. The van der Waals surface area contributed by atoms with Crippen LogP contribution in [0.15, 0.2) is 12.1 Å². The minimum Gasteiger partial charge on any atom is -0.487 e. The van der Waals surface area contributed by atoms with Crippen LogP contribution in [-0.2, 0) is 0 Å². The van der Waals surface area contributed by atoms with E-state index in [9.17, 15) is 8.78 Å². The Morgan fingerprint density at radius 3 is 2.71 bits per heavy atom. The van der Waals surface area contributed by atoms with Crippen LogP contribution in [0.25, 0.3) is 0 Å². The summed E-state index contributed by atoms with van der Waals surface area (Å²) in [7, 11) is 0. The van der Waals surface area contributed by atoms with Crippen molar-refractivity contribution in [1.82, 2.24) is 5.32 Å². The second kappa shape index (κ2) is 4.61. The number of halogens is 2. The molecular formula is C13H17F2NO. The highest BCUT2D eigenvalue weighted by Crippen LogP contribution is 2.37. The lowest BCUT2D eigenvalue weighted by Gasteiger charge is -2.32. The lowest BCUT2D eigenvalue weighted by atomic mass is 9.96. The molecule has 0 bridgehead atoms. The van der Waals surface area contributed by atoms with Crippen molar-refractivity contribution < 1.29 is 13.5 Å². The van der Waals surface area contributed by atoms with E-state index in [2.05, 4.69) is 5.32 Å². The molecule has 4 heteroatoms. The zero-order valence-electron chi connectivity index (χ0n) is 10.3. The second-order valence-electron chi connectivity index (χ2n) is 4.84. The minimum absolute atomic E-state index is 0.0565. The molecule has 1 heterocycles. The summed E-state index contributed by atoms with van der Waals surface area (Å²) in [6.07, 6.45) is 0.646. The molecule has 1 aliphatic rings. The van der Waals surface area contributed by atoms with E-state index in [-0.39, 0.29) is 23.9 Å². The highest BCUT2D eigenvalue weighted by Gasteiger charge is 2.29. The largest absolute Gasteiger partial charge is 0.487 e. The lowest BCUT2D eigenvalue weighted by Crippen LogP contribution is -2.35. The summed E-state index contributed by atoms with van der Waals surface area (Å²) >= 11 is 0. The van der Waals surface area contributed by atoms with Crippen LogP contribution in [0.5, 0.6) is 5.75 Å². The van der Waals surface area contributed by atoms with Crippen LogP contribution in [0.3, 0.4) is 0 Å². The topological polar surface area (TPSA) is 21.3 Å². The average Bonchev–Trinajstić information content (AvgIpc) is 2.19. The molecule has 0 radical (unpaired) electrons. The van der Waals surface area contributed by atoms with Crippen molar-refractivity contribution in [2.45, 2.75) is 45.4 Å². The molecule has 2 rings (SSSR count). The smallest absolute Gasteiger partial charge is 0.168 e. The monoisotopic (exact) mass is 241 g/mol. The second-order valence-corrected chi connectivity index (χ2v) is 4.84.